The first kappa shape index (κ1) is 18.4. The molecular weight excluding hydrogens is 328 g/mol. The van der Waals surface area contributed by atoms with Crippen molar-refractivity contribution in [2.75, 3.05) is 25.0 Å². The zero-order chi connectivity index (χ0) is 18.5. The number of amides is 2. The van der Waals surface area contributed by atoms with Crippen LogP contribution in [0.1, 0.15) is 26.7 Å². The van der Waals surface area contributed by atoms with Gasteiger partial charge in [-0.25, -0.2) is 9.78 Å². The number of hydrogen-bond acceptors (Lipinski definition) is 4. The summed E-state index contributed by atoms with van der Waals surface area (Å²) in [5.74, 6) is 1.38. The number of nitrogens with one attached hydrogen (secondary N) is 2. The summed E-state index contributed by atoms with van der Waals surface area (Å²) >= 11 is 0. The second kappa shape index (κ2) is 8.31. The molecule has 7 nitrogen and oxygen atoms in total. The van der Waals surface area contributed by atoms with Crippen molar-refractivity contribution in [1.82, 2.24) is 25.0 Å². The fourth-order valence-electron chi connectivity index (χ4n) is 3.38. The van der Waals surface area contributed by atoms with Crippen molar-refractivity contribution in [3.05, 3.63) is 30.6 Å². The summed E-state index contributed by atoms with van der Waals surface area (Å²) < 4.78 is 1.66. The smallest absolute Gasteiger partial charge is 0.319 e. The third-order valence-electron chi connectivity index (χ3n) is 4.85. The molecule has 1 aliphatic rings. The summed E-state index contributed by atoms with van der Waals surface area (Å²) in [6, 6.07) is 7.71. The van der Waals surface area contributed by atoms with Gasteiger partial charge in [-0.15, -0.1) is 0 Å². The lowest BCUT2D eigenvalue weighted by Gasteiger charge is -2.35. The molecule has 0 saturated carbocycles. The topological polar surface area (TPSA) is 75.1 Å². The van der Waals surface area contributed by atoms with Gasteiger partial charge in [0.05, 0.1) is 0 Å². The summed E-state index contributed by atoms with van der Waals surface area (Å²) in [5.41, 5.74) is 1.60. The average molecular weight is 356 g/mol. The minimum atomic E-state index is -0.187. The van der Waals surface area contributed by atoms with Crippen LogP contribution in [0.25, 0.3) is 11.4 Å². The SMILES string of the molecule is CC1CCCN(C(C)CNC(=O)Nc2cccc(-c3ncn(C)n3)c2)C1. The molecule has 2 unspecified atom stereocenters. The Morgan fingerprint density at radius 2 is 2.27 bits per heavy atom. The predicted molar refractivity (Wildman–Crippen MR) is 103 cm³/mol. The monoisotopic (exact) mass is 356 g/mol. The van der Waals surface area contributed by atoms with E-state index in [0.717, 1.165) is 30.3 Å². The molecule has 1 fully saturated rings. The van der Waals surface area contributed by atoms with Crippen molar-refractivity contribution in [3.8, 4) is 11.4 Å². The van der Waals surface area contributed by atoms with Crippen molar-refractivity contribution in [1.29, 1.82) is 0 Å². The molecule has 2 aromatic rings. The average Bonchev–Trinajstić information content (AvgIpc) is 3.06. The number of carbonyl (C=O) groups is 1. The molecular formula is C19H28N6O. The lowest BCUT2D eigenvalue weighted by molar-refractivity contribution is 0.138. The normalized spacial score (nSPS) is 19.1. The molecule has 0 radical (unpaired) electrons. The highest BCUT2D eigenvalue weighted by Crippen LogP contribution is 2.19. The molecule has 2 atom stereocenters. The quantitative estimate of drug-likeness (QED) is 0.864. The first-order chi connectivity index (χ1) is 12.5. The number of hydrogen-bond donors (Lipinski definition) is 2. The standard InChI is InChI=1S/C19H28N6O/c1-14-6-5-9-25(12-14)15(2)11-20-19(26)22-17-8-4-7-16(10-17)18-21-13-24(3)23-18/h4,7-8,10,13-15H,5-6,9,11-12H2,1-3H3,(H2,20,22,26). The van der Waals surface area contributed by atoms with Gasteiger partial charge in [0.25, 0.3) is 0 Å². The van der Waals surface area contributed by atoms with E-state index in [1.165, 1.54) is 12.8 Å². The Morgan fingerprint density at radius 1 is 1.42 bits per heavy atom. The largest absolute Gasteiger partial charge is 0.336 e. The molecule has 0 bridgehead atoms. The van der Waals surface area contributed by atoms with Crippen molar-refractivity contribution in [2.45, 2.75) is 32.7 Å². The van der Waals surface area contributed by atoms with Gasteiger partial charge in [0.2, 0.25) is 0 Å². The van der Waals surface area contributed by atoms with Gasteiger partial charge in [-0.1, -0.05) is 19.1 Å². The summed E-state index contributed by atoms with van der Waals surface area (Å²) in [5, 5.41) is 10.2. The molecule has 0 aliphatic carbocycles. The Bertz CT molecular complexity index is 743. The summed E-state index contributed by atoms with van der Waals surface area (Å²) in [7, 11) is 1.83. The zero-order valence-electron chi connectivity index (χ0n) is 15.8. The Labute approximate surface area is 154 Å². The molecule has 2 amide bonds. The Hall–Kier alpha value is -2.41. The molecule has 1 saturated heterocycles. The van der Waals surface area contributed by atoms with Gasteiger partial charge in [-0.2, -0.15) is 5.10 Å². The zero-order valence-corrected chi connectivity index (χ0v) is 15.8. The first-order valence-corrected chi connectivity index (χ1v) is 9.26. The van der Waals surface area contributed by atoms with Crippen LogP contribution in [-0.4, -0.2) is 51.4 Å². The number of urea groups is 1. The number of aromatic nitrogens is 3. The van der Waals surface area contributed by atoms with Crippen LogP contribution in [-0.2, 0) is 7.05 Å². The molecule has 1 aromatic heterocycles. The fourth-order valence-corrected chi connectivity index (χ4v) is 3.38. The fraction of sp³-hybridized carbons (Fsp3) is 0.526. The van der Waals surface area contributed by atoms with Gasteiger partial charge in [0.15, 0.2) is 5.82 Å². The Kier molecular flexibility index (Phi) is 5.88. The summed E-state index contributed by atoms with van der Waals surface area (Å²) in [6.07, 6.45) is 4.20. The molecule has 3 rings (SSSR count). The second-order valence-corrected chi connectivity index (χ2v) is 7.25. The molecule has 0 spiro atoms. The van der Waals surface area contributed by atoms with E-state index in [4.69, 9.17) is 0 Å². The summed E-state index contributed by atoms with van der Waals surface area (Å²) in [6.45, 7) is 7.34. The van der Waals surface area contributed by atoms with Crippen LogP contribution in [0.3, 0.4) is 0 Å². The third-order valence-corrected chi connectivity index (χ3v) is 4.85. The van der Waals surface area contributed by atoms with Gasteiger partial charge < -0.3 is 10.6 Å². The Morgan fingerprint density at radius 3 is 3.00 bits per heavy atom. The highest BCUT2D eigenvalue weighted by Gasteiger charge is 2.21. The number of piperidine rings is 1. The van der Waals surface area contributed by atoms with Gasteiger partial charge >= 0.3 is 6.03 Å². The minimum Gasteiger partial charge on any atom is -0.336 e. The van der Waals surface area contributed by atoms with E-state index in [0.29, 0.717) is 18.4 Å². The van der Waals surface area contributed by atoms with Crippen molar-refractivity contribution in [3.63, 3.8) is 0 Å². The molecule has 7 heteroatoms. The highest BCUT2D eigenvalue weighted by atomic mass is 16.2. The van der Waals surface area contributed by atoms with Crippen LogP contribution in [0.5, 0.6) is 0 Å². The number of anilines is 1. The van der Waals surface area contributed by atoms with E-state index in [2.05, 4.69) is 39.5 Å². The maximum Gasteiger partial charge on any atom is 0.319 e. The van der Waals surface area contributed by atoms with E-state index in [9.17, 15) is 4.79 Å². The predicted octanol–water partition coefficient (Wildman–Crippen LogP) is 2.72. The van der Waals surface area contributed by atoms with Gasteiger partial charge in [-0.05, 0) is 44.4 Å². The van der Waals surface area contributed by atoms with Gasteiger partial charge in [-0.3, -0.25) is 9.58 Å². The van der Waals surface area contributed by atoms with Crippen molar-refractivity contribution in [2.24, 2.45) is 13.0 Å². The molecule has 1 aromatic carbocycles. The van der Waals surface area contributed by atoms with Crippen LogP contribution >= 0.6 is 0 Å². The third kappa shape index (κ3) is 4.82. The van der Waals surface area contributed by atoms with Gasteiger partial charge in [0.1, 0.15) is 6.33 Å². The van der Waals surface area contributed by atoms with E-state index < -0.39 is 0 Å². The first-order valence-electron chi connectivity index (χ1n) is 9.26. The molecule has 140 valence electrons. The molecule has 1 aliphatic heterocycles. The lowest BCUT2D eigenvalue weighted by atomic mass is 9.99. The molecule has 2 N–H and O–H groups in total. The van der Waals surface area contributed by atoms with E-state index in [-0.39, 0.29) is 6.03 Å². The lowest BCUT2D eigenvalue weighted by Crippen LogP contribution is -2.47. The molecule has 2 heterocycles. The van der Waals surface area contributed by atoms with Crippen LogP contribution in [0.2, 0.25) is 0 Å². The van der Waals surface area contributed by atoms with E-state index >= 15 is 0 Å². The van der Waals surface area contributed by atoms with Crippen LogP contribution in [0.15, 0.2) is 30.6 Å². The second-order valence-electron chi connectivity index (χ2n) is 7.25. The number of carbonyl (C=O) groups excluding carboxylic acids is 1. The summed E-state index contributed by atoms with van der Waals surface area (Å²) in [4.78, 5) is 18.9. The number of rotatable bonds is 5. The maximum absolute atomic E-state index is 12.2. The van der Waals surface area contributed by atoms with E-state index in [1.807, 2.05) is 31.3 Å². The number of aryl methyl sites for hydroxylation is 1. The minimum absolute atomic E-state index is 0.187. The number of nitrogens with zero attached hydrogens (tertiary/aromatic N) is 4. The van der Waals surface area contributed by atoms with Crippen LogP contribution in [0.4, 0.5) is 10.5 Å². The number of benzene rings is 1. The maximum atomic E-state index is 12.2. The Balaban J connectivity index is 1.52. The van der Waals surface area contributed by atoms with Gasteiger partial charge in [0, 0.05) is 37.4 Å². The molecule has 26 heavy (non-hydrogen) atoms. The van der Waals surface area contributed by atoms with E-state index in [1.54, 1.807) is 11.0 Å². The van der Waals surface area contributed by atoms with Crippen molar-refractivity contribution >= 4 is 11.7 Å². The van der Waals surface area contributed by atoms with Crippen molar-refractivity contribution < 1.29 is 4.79 Å². The van der Waals surface area contributed by atoms with Crippen LogP contribution in [0, 0.1) is 5.92 Å². The highest BCUT2D eigenvalue weighted by molar-refractivity contribution is 5.89. The number of likely N-dealkylation sites (tertiary alicyclic amines) is 1. The van der Waals surface area contributed by atoms with Crippen LogP contribution < -0.4 is 10.6 Å².